The van der Waals surface area contributed by atoms with Crippen molar-refractivity contribution >= 4 is 22.4 Å². The van der Waals surface area contributed by atoms with Crippen molar-refractivity contribution in [2.24, 2.45) is 5.92 Å². The number of rotatable bonds is 6. The molecule has 2 aromatic carbocycles. The number of para-hydroxylation sites is 1. The number of piperidine rings is 1. The van der Waals surface area contributed by atoms with Gasteiger partial charge in [-0.1, -0.05) is 24.1 Å². The molecule has 6 nitrogen and oxygen atoms in total. The van der Waals surface area contributed by atoms with E-state index in [1.54, 1.807) is 7.11 Å². The van der Waals surface area contributed by atoms with Gasteiger partial charge in [-0.15, -0.1) is 0 Å². The molecule has 2 N–H and O–H groups in total. The number of anilines is 2. The molecule has 170 valence electrons. The Morgan fingerprint density at radius 3 is 2.67 bits per heavy atom. The van der Waals surface area contributed by atoms with Gasteiger partial charge in [-0.25, -0.2) is 9.97 Å². The summed E-state index contributed by atoms with van der Waals surface area (Å²) in [6, 6.07) is 14.5. The van der Waals surface area contributed by atoms with Gasteiger partial charge in [-0.2, -0.15) is 0 Å². The number of methoxy groups -OCH3 is 1. The molecule has 1 saturated carbocycles. The summed E-state index contributed by atoms with van der Waals surface area (Å²) >= 11 is 0. The Labute approximate surface area is 195 Å². The maximum absolute atomic E-state index is 9.18. The lowest BCUT2D eigenvalue weighted by molar-refractivity contribution is 0.311. The smallest absolute Gasteiger partial charge is 0.207 e. The van der Waals surface area contributed by atoms with Gasteiger partial charge in [0, 0.05) is 36.6 Å². The van der Waals surface area contributed by atoms with E-state index in [1.807, 2.05) is 24.3 Å². The van der Waals surface area contributed by atoms with E-state index in [2.05, 4.69) is 40.3 Å². The van der Waals surface area contributed by atoms with Gasteiger partial charge in [0.2, 0.25) is 5.82 Å². The van der Waals surface area contributed by atoms with E-state index in [9.17, 15) is 5.11 Å². The molecule has 2 heterocycles. The minimum atomic E-state index is 0.0908. The fraction of sp³-hybridized carbons (Fsp3) is 0.407. The molecule has 2 fully saturated rings. The SMILES string of the molecule is COc1ccccc1C1CCN(c2nc(C#CC3CC3)nc3ccc(NCCO)cc23)CC1. The highest BCUT2D eigenvalue weighted by molar-refractivity contribution is 5.92. The third kappa shape index (κ3) is 4.89. The molecule has 5 rings (SSSR count). The normalized spacial score (nSPS) is 16.4. The summed E-state index contributed by atoms with van der Waals surface area (Å²) in [5.74, 6) is 10.0. The summed E-state index contributed by atoms with van der Waals surface area (Å²) < 4.78 is 5.61. The fourth-order valence-corrected chi connectivity index (χ4v) is 4.52. The van der Waals surface area contributed by atoms with Gasteiger partial charge in [0.05, 0.1) is 19.2 Å². The van der Waals surface area contributed by atoms with E-state index in [1.165, 1.54) is 18.4 Å². The zero-order chi connectivity index (χ0) is 22.6. The van der Waals surface area contributed by atoms with Crippen molar-refractivity contribution < 1.29 is 9.84 Å². The molecule has 33 heavy (non-hydrogen) atoms. The average molecular weight is 443 g/mol. The molecule has 0 amide bonds. The van der Waals surface area contributed by atoms with Gasteiger partial charge in [0.15, 0.2) is 0 Å². The van der Waals surface area contributed by atoms with Crippen LogP contribution < -0.4 is 15.0 Å². The largest absolute Gasteiger partial charge is 0.496 e. The monoisotopic (exact) mass is 442 g/mol. The Hall–Kier alpha value is -3.30. The predicted molar refractivity (Wildman–Crippen MR) is 132 cm³/mol. The first-order valence-electron chi connectivity index (χ1n) is 11.8. The Bertz CT molecular complexity index is 1190. The molecule has 1 aliphatic carbocycles. The van der Waals surface area contributed by atoms with Crippen LogP contribution in [0.3, 0.4) is 0 Å². The number of hydrogen-bond acceptors (Lipinski definition) is 6. The zero-order valence-electron chi connectivity index (χ0n) is 19.1. The van der Waals surface area contributed by atoms with E-state index in [0.29, 0.717) is 24.2 Å². The van der Waals surface area contributed by atoms with Crippen molar-refractivity contribution in [3.05, 3.63) is 53.9 Å². The number of nitrogens with one attached hydrogen (secondary N) is 1. The van der Waals surface area contributed by atoms with Crippen molar-refractivity contribution in [3.8, 4) is 17.6 Å². The van der Waals surface area contributed by atoms with Crippen LogP contribution in [0, 0.1) is 17.8 Å². The second-order valence-electron chi connectivity index (χ2n) is 8.80. The Balaban J connectivity index is 1.44. The van der Waals surface area contributed by atoms with Crippen LogP contribution in [0.4, 0.5) is 11.5 Å². The molecule has 6 heteroatoms. The molecule has 0 spiro atoms. The van der Waals surface area contributed by atoms with Gasteiger partial charge in [-0.3, -0.25) is 0 Å². The van der Waals surface area contributed by atoms with E-state index in [0.717, 1.165) is 54.1 Å². The highest BCUT2D eigenvalue weighted by Gasteiger charge is 2.25. The van der Waals surface area contributed by atoms with Gasteiger partial charge < -0.3 is 20.1 Å². The lowest BCUT2D eigenvalue weighted by Crippen LogP contribution is -2.34. The maximum Gasteiger partial charge on any atom is 0.207 e. The summed E-state index contributed by atoms with van der Waals surface area (Å²) in [6.07, 6.45) is 4.45. The highest BCUT2D eigenvalue weighted by atomic mass is 16.5. The molecule has 0 atom stereocenters. The summed E-state index contributed by atoms with van der Waals surface area (Å²) in [5, 5.41) is 13.5. The second-order valence-corrected chi connectivity index (χ2v) is 8.80. The summed E-state index contributed by atoms with van der Waals surface area (Å²) in [7, 11) is 1.74. The van der Waals surface area contributed by atoms with Crippen molar-refractivity contribution in [2.45, 2.75) is 31.6 Å². The standard InChI is InChI=1S/C27H30N4O2/c1-33-25-5-3-2-4-22(25)20-12-15-31(16-13-20)27-23-18-21(28-14-17-32)9-10-24(23)29-26(30-27)11-8-19-6-7-19/h2-5,9-10,18-20,28,32H,6-7,12-17H2,1H3. The Morgan fingerprint density at radius 1 is 1.09 bits per heavy atom. The number of aliphatic hydroxyl groups is 1. The highest BCUT2D eigenvalue weighted by Crippen LogP contribution is 2.36. The number of benzene rings is 2. The van der Waals surface area contributed by atoms with E-state index >= 15 is 0 Å². The molecule has 0 radical (unpaired) electrons. The molecule has 1 saturated heterocycles. The number of fused-ring (bicyclic) bond motifs is 1. The molecule has 0 bridgehead atoms. The van der Waals surface area contributed by atoms with Crippen LogP contribution in [-0.2, 0) is 0 Å². The van der Waals surface area contributed by atoms with Crippen LogP contribution >= 0.6 is 0 Å². The van der Waals surface area contributed by atoms with Crippen LogP contribution in [-0.4, -0.2) is 48.4 Å². The molecular formula is C27H30N4O2. The summed E-state index contributed by atoms with van der Waals surface area (Å²) in [4.78, 5) is 12.0. The van der Waals surface area contributed by atoms with Crippen molar-refractivity contribution in [1.29, 1.82) is 0 Å². The number of ether oxygens (including phenoxy) is 1. The Morgan fingerprint density at radius 2 is 1.91 bits per heavy atom. The number of aromatic nitrogens is 2. The third-order valence-corrected chi connectivity index (χ3v) is 6.46. The molecule has 0 unspecified atom stereocenters. The van der Waals surface area contributed by atoms with Crippen LogP contribution in [0.5, 0.6) is 5.75 Å². The average Bonchev–Trinajstić information content (AvgIpc) is 3.70. The van der Waals surface area contributed by atoms with Crippen LogP contribution in [0.2, 0.25) is 0 Å². The van der Waals surface area contributed by atoms with Gasteiger partial charge >= 0.3 is 0 Å². The molecule has 2 aliphatic rings. The number of aliphatic hydroxyl groups excluding tert-OH is 1. The van der Waals surface area contributed by atoms with Gasteiger partial charge in [-0.05, 0) is 67.4 Å². The molecular weight excluding hydrogens is 412 g/mol. The molecule has 1 aromatic heterocycles. The Kier molecular flexibility index (Phi) is 6.32. The van der Waals surface area contributed by atoms with Gasteiger partial charge in [0.25, 0.3) is 0 Å². The quantitative estimate of drug-likeness (QED) is 0.558. The summed E-state index contributed by atoms with van der Waals surface area (Å²) in [5.41, 5.74) is 3.15. The van der Waals surface area contributed by atoms with Crippen LogP contribution in [0.15, 0.2) is 42.5 Å². The maximum atomic E-state index is 9.18. The minimum Gasteiger partial charge on any atom is -0.496 e. The van der Waals surface area contributed by atoms with E-state index in [4.69, 9.17) is 14.7 Å². The van der Waals surface area contributed by atoms with Gasteiger partial charge in [0.1, 0.15) is 11.6 Å². The number of nitrogens with zero attached hydrogens (tertiary/aromatic N) is 3. The zero-order valence-corrected chi connectivity index (χ0v) is 19.1. The molecule has 3 aromatic rings. The lowest BCUT2D eigenvalue weighted by Gasteiger charge is -2.34. The summed E-state index contributed by atoms with van der Waals surface area (Å²) in [6.45, 7) is 2.43. The van der Waals surface area contributed by atoms with Crippen molar-refractivity contribution in [2.75, 3.05) is 43.6 Å². The minimum absolute atomic E-state index is 0.0908. The first-order valence-corrected chi connectivity index (χ1v) is 11.8. The topological polar surface area (TPSA) is 70.5 Å². The van der Waals surface area contributed by atoms with E-state index in [-0.39, 0.29) is 6.61 Å². The first-order chi connectivity index (χ1) is 16.2. The van der Waals surface area contributed by atoms with Crippen molar-refractivity contribution in [3.63, 3.8) is 0 Å². The number of hydrogen-bond donors (Lipinski definition) is 2. The van der Waals surface area contributed by atoms with Crippen molar-refractivity contribution in [1.82, 2.24) is 9.97 Å². The second kappa shape index (κ2) is 9.68. The molecule has 1 aliphatic heterocycles. The lowest BCUT2D eigenvalue weighted by atomic mass is 9.88. The predicted octanol–water partition coefficient (Wildman–Crippen LogP) is 4.19. The van der Waals surface area contributed by atoms with Crippen LogP contribution in [0.25, 0.3) is 10.9 Å². The third-order valence-electron chi connectivity index (χ3n) is 6.46. The van der Waals surface area contributed by atoms with E-state index < -0.39 is 0 Å². The van der Waals surface area contributed by atoms with Crippen LogP contribution in [0.1, 0.15) is 43.0 Å². The first kappa shape index (κ1) is 21.5. The fourth-order valence-electron chi connectivity index (χ4n) is 4.52.